The van der Waals surface area contributed by atoms with Gasteiger partial charge >= 0.3 is 0 Å². The van der Waals surface area contributed by atoms with Crippen LogP contribution in [-0.2, 0) is 6.54 Å². The molecule has 5 heteroatoms. The average Bonchev–Trinajstić information content (AvgIpc) is 2.98. The fourth-order valence-electron chi connectivity index (χ4n) is 4.51. The van der Waals surface area contributed by atoms with Gasteiger partial charge in [-0.05, 0) is 54.4 Å². The molecule has 31 heavy (non-hydrogen) atoms. The van der Waals surface area contributed by atoms with Crippen LogP contribution in [0.2, 0.25) is 0 Å². The third-order valence-electron chi connectivity index (χ3n) is 6.27. The molecule has 1 aromatic heterocycles. The predicted octanol–water partition coefficient (Wildman–Crippen LogP) is 3.99. The standard InChI is InChI=1S/C26H29N5/c1-20-4-6-21(7-5-20)25-10-13-29(2)19-22-18-23(8-9-24(22)25)30-14-16-31(17-15-30)26-27-11-3-12-28-26/h3-12,18H,13-17,19H2,1-2H3. The lowest BCUT2D eigenvalue weighted by molar-refractivity contribution is 0.366. The zero-order valence-corrected chi connectivity index (χ0v) is 18.3. The average molecular weight is 412 g/mol. The molecule has 2 aliphatic rings. The topological polar surface area (TPSA) is 35.5 Å². The maximum absolute atomic E-state index is 4.40. The van der Waals surface area contributed by atoms with Crippen LogP contribution in [0.5, 0.6) is 0 Å². The number of likely N-dealkylation sites (N-methyl/N-ethyl adjacent to an activating group) is 1. The van der Waals surface area contributed by atoms with Gasteiger partial charge in [-0.3, -0.25) is 4.90 Å². The minimum Gasteiger partial charge on any atom is -0.368 e. The molecule has 3 aromatic rings. The molecular formula is C26H29N5. The molecule has 2 aromatic carbocycles. The Bertz CT molecular complexity index is 1070. The van der Waals surface area contributed by atoms with Crippen molar-refractivity contribution >= 4 is 17.2 Å². The van der Waals surface area contributed by atoms with Crippen molar-refractivity contribution in [2.75, 3.05) is 49.6 Å². The molecule has 0 aliphatic carbocycles. The Morgan fingerprint density at radius 1 is 0.839 bits per heavy atom. The maximum atomic E-state index is 4.40. The van der Waals surface area contributed by atoms with Crippen molar-refractivity contribution in [1.82, 2.24) is 14.9 Å². The zero-order valence-electron chi connectivity index (χ0n) is 18.3. The van der Waals surface area contributed by atoms with Gasteiger partial charge in [-0.25, -0.2) is 9.97 Å². The third-order valence-corrected chi connectivity index (χ3v) is 6.27. The van der Waals surface area contributed by atoms with Crippen molar-refractivity contribution in [2.45, 2.75) is 13.5 Å². The molecule has 0 unspecified atom stereocenters. The van der Waals surface area contributed by atoms with Crippen LogP contribution in [0.15, 0.2) is 67.0 Å². The van der Waals surface area contributed by atoms with Gasteiger partial charge in [0.25, 0.3) is 0 Å². The molecule has 2 aliphatic heterocycles. The summed E-state index contributed by atoms with van der Waals surface area (Å²) in [7, 11) is 2.20. The summed E-state index contributed by atoms with van der Waals surface area (Å²) in [6.45, 7) is 7.91. The van der Waals surface area contributed by atoms with E-state index < -0.39 is 0 Å². The van der Waals surface area contributed by atoms with E-state index in [0.717, 1.165) is 45.2 Å². The SMILES string of the molecule is Cc1ccc(C2=CCN(C)Cc3cc(N4CCN(c5ncccn5)CC4)ccc32)cc1. The van der Waals surface area contributed by atoms with Gasteiger partial charge in [0.15, 0.2) is 0 Å². The van der Waals surface area contributed by atoms with E-state index in [9.17, 15) is 0 Å². The van der Waals surface area contributed by atoms with Gasteiger partial charge in [0, 0.05) is 57.3 Å². The zero-order chi connectivity index (χ0) is 21.2. The summed E-state index contributed by atoms with van der Waals surface area (Å²) >= 11 is 0. The number of nitrogens with zero attached hydrogens (tertiary/aromatic N) is 5. The van der Waals surface area contributed by atoms with Crippen molar-refractivity contribution in [3.63, 3.8) is 0 Å². The summed E-state index contributed by atoms with van der Waals surface area (Å²) in [5, 5.41) is 0. The Balaban J connectivity index is 1.39. The lowest BCUT2D eigenvalue weighted by Crippen LogP contribution is -2.47. The van der Waals surface area contributed by atoms with Gasteiger partial charge in [-0.1, -0.05) is 42.0 Å². The molecule has 0 radical (unpaired) electrons. The van der Waals surface area contributed by atoms with Crippen LogP contribution >= 0.6 is 0 Å². The van der Waals surface area contributed by atoms with Crippen LogP contribution in [0.25, 0.3) is 5.57 Å². The quantitative estimate of drug-likeness (QED) is 0.651. The molecule has 3 heterocycles. The minimum atomic E-state index is 0.832. The number of aryl methyl sites for hydroxylation is 1. The van der Waals surface area contributed by atoms with Gasteiger partial charge in [-0.2, -0.15) is 0 Å². The van der Waals surface area contributed by atoms with Crippen LogP contribution in [0.1, 0.15) is 22.3 Å². The van der Waals surface area contributed by atoms with Crippen LogP contribution in [0.4, 0.5) is 11.6 Å². The van der Waals surface area contributed by atoms with Crippen LogP contribution < -0.4 is 9.80 Å². The number of hydrogen-bond acceptors (Lipinski definition) is 5. The highest BCUT2D eigenvalue weighted by atomic mass is 15.3. The normalized spacial score (nSPS) is 17.2. The Morgan fingerprint density at radius 3 is 2.29 bits per heavy atom. The van der Waals surface area contributed by atoms with Crippen molar-refractivity contribution in [2.24, 2.45) is 0 Å². The molecule has 5 nitrogen and oxygen atoms in total. The van der Waals surface area contributed by atoms with Crippen molar-refractivity contribution in [3.05, 3.63) is 89.3 Å². The van der Waals surface area contributed by atoms with Crippen LogP contribution in [0, 0.1) is 6.92 Å². The van der Waals surface area contributed by atoms with E-state index in [1.165, 1.54) is 33.5 Å². The summed E-state index contributed by atoms with van der Waals surface area (Å²) in [6.07, 6.45) is 6.00. The van der Waals surface area contributed by atoms with Gasteiger partial charge in [-0.15, -0.1) is 0 Å². The molecule has 0 saturated carbocycles. The number of aromatic nitrogens is 2. The minimum absolute atomic E-state index is 0.832. The van der Waals surface area contributed by atoms with Gasteiger partial charge in [0.1, 0.15) is 0 Å². The molecular weight excluding hydrogens is 382 g/mol. The fourth-order valence-corrected chi connectivity index (χ4v) is 4.51. The fraction of sp³-hybridized carbons (Fsp3) is 0.308. The Hall–Kier alpha value is -3.18. The van der Waals surface area contributed by atoms with Gasteiger partial charge < -0.3 is 9.80 Å². The highest BCUT2D eigenvalue weighted by Crippen LogP contribution is 2.32. The largest absolute Gasteiger partial charge is 0.368 e. The molecule has 1 saturated heterocycles. The summed E-state index contributed by atoms with van der Waals surface area (Å²) < 4.78 is 0. The molecule has 158 valence electrons. The van der Waals surface area contributed by atoms with Gasteiger partial charge in [0.2, 0.25) is 5.95 Å². The molecule has 1 fully saturated rings. The van der Waals surface area contributed by atoms with E-state index in [1.807, 2.05) is 18.5 Å². The summed E-state index contributed by atoms with van der Waals surface area (Å²) in [5.41, 5.74) is 8.01. The summed E-state index contributed by atoms with van der Waals surface area (Å²) in [5.74, 6) is 0.832. The second-order valence-electron chi connectivity index (χ2n) is 8.54. The van der Waals surface area contributed by atoms with Crippen molar-refractivity contribution in [1.29, 1.82) is 0 Å². The van der Waals surface area contributed by atoms with E-state index in [-0.39, 0.29) is 0 Å². The molecule has 5 rings (SSSR count). The lowest BCUT2D eigenvalue weighted by atomic mass is 9.93. The first-order chi connectivity index (χ1) is 15.2. The monoisotopic (exact) mass is 411 g/mol. The Morgan fingerprint density at radius 2 is 1.55 bits per heavy atom. The molecule has 0 bridgehead atoms. The molecule has 0 spiro atoms. The molecule has 0 N–H and O–H groups in total. The molecule has 0 atom stereocenters. The number of rotatable bonds is 3. The second kappa shape index (κ2) is 8.52. The third kappa shape index (κ3) is 4.19. The van der Waals surface area contributed by atoms with Crippen LogP contribution in [-0.4, -0.2) is 54.6 Å². The van der Waals surface area contributed by atoms with E-state index in [1.54, 1.807) is 0 Å². The maximum Gasteiger partial charge on any atom is 0.225 e. The van der Waals surface area contributed by atoms with Crippen molar-refractivity contribution in [3.8, 4) is 0 Å². The van der Waals surface area contributed by atoms with Crippen molar-refractivity contribution < 1.29 is 0 Å². The van der Waals surface area contributed by atoms with Crippen LogP contribution in [0.3, 0.4) is 0 Å². The number of fused-ring (bicyclic) bond motifs is 1. The first-order valence-electron chi connectivity index (χ1n) is 11.0. The van der Waals surface area contributed by atoms with Gasteiger partial charge in [0.05, 0.1) is 0 Å². The van der Waals surface area contributed by atoms with E-state index >= 15 is 0 Å². The van der Waals surface area contributed by atoms with E-state index in [2.05, 4.69) is 87.2 Å². The number of hydrogen-bond donors (Lipinski definition) is 0. The van der Waals surface area contributed by atoms with E-state index in [0.29, 0.717) is 0 Å². The number of piperazine rings is 1. The van der Waals surface area contributed by atoms with E-state index in [4.69, 9.17) is 0 Å². The predicted molar refractivity (Wildman–Crippen MR) is 127 cm³/mol. The highest BCUT2D eigenvalue weighted by Gasteiger charge is 2.21. The second-order valence-corrected chi connectivity index (χ2v) is 8.54. The highest BCUT2D eigenvalue weighted by molar-refractivity contribution is 5.83. The first kappa shape index (κ1) is 19.8. The summed E-state index contributed by atoms with van der Waals surface area (Å²) in [4.78, 5) is 15.9. The first-order valence-corrected chi connectivity index (χ1v) is 11.0. The summed E-state index contributed by atoms with van der Waals surface area (Å²) in [6, 6.07) is 17.8. The lowest BCUT2D eigenvalue weighted by Gasteiger charge is -2.36. The Labute approximate surface area is 184 Å². The number of benzene rings is 2. The smallest absolute Gasteiger partial charge is 0.225 e. The Kier molecular flexibility index (Phi) is 5.43. The number of anilines is 2. The molecule has 0 amide bonds.